The van der Waals surface area contributed by atoms with Gasteiger partial charge in [0.1, 0.15) is 0 Å². The highest BCUT2D eigenvalue weighted by Gasteiger charge is 2.21. The summed E-state index contributed by atoms with van der Waals surface area (Å²) >= 11 is 0. The monoisotopic (exact) mass is 264 g/mol. The van der Waals surface area contributed by atoms with Crippen molar-refractivity contribution in [1.29, 1.82) is 0 Å². The second kappa shape index (κ2) is 5.77. The van der Waals surface area contributed by atoms with Crippen molar-refractivity contribution in [2.24, 2.45) is 11.7 Å². The van der Waals surface area contributed by atoms with E-state index in [1.165, 1.54) is 48.6 Å². The largest absolute Gasteiger partial charge is 0.361 e. The summed E-state index contributed by atoms with van der Waals surface area (Å²) in [6, 6.07) is 8.89. The predicted octanol–water partition coefficient (Wildman–Crippen LogP) is 4.17. The molecule has 2 nitrogen and oxygen atoms in total. The summed E-state index contributed by atoms with van der Waals surface area (Å²) in [6.07, 6.45) is 8.67. The lowest BCUT2D eigenvalue weighted by molar-refractivity contribution is 0.308. The van der Waals surface area contributed by atoms with Gasteiger partial charge in [-0.05, 0) is 41.8 Å². The number of hydrogen-bond acceptors (Lipinski definition) is 1. The van der Waals surface area contributed by atoms with Gasteiger partial charge in [0.15, 0.2) is 0 Å². The molecule has 1 heterocycles. The van der Waals surface area contributed by atoms with Crippen molar-refractivity contribution in [2.45, 2.75) is 38.1 Å². The number of benzene rings is 1. The lowest BCUT2D eigenvalue weighted by Gasteiger charge is -2.27. The standard InChI is InChI=1S/C15H20N2.ClH/c16-15(12-4-2-1-3-5-12)13-7-6-11-8-9-17-14(11)10-13;/h6-10,12,15,17H,1-5,16H2;1H/t15-;/m1./s1. The molecule has 1 aliphatic carbocycles. The summed E-state index contributed by atoms with van der Waals surface area (Å²) in [5.74, 6) is 0.677. The van der Waals surface area contributed by atoms with E-state index in [1.807, 2.05) is 6.20 Å². The Hall–Kier alpha value is -0.990. The highest BCUT2D eigenvalue weighted by atomic mass is 35.5. The molecular formula is C15H21ClN2. The third-order valence-electron chi connectivity index (χ3n) is 4.12. The minimum atomic E-state index is 0. The van der Waals surface area contributed by atoms with Gasteiger partial charge in [0, 0.05) is 17.8 Å². The molecule has 2 aromatic rings. The van der Waals surface area contributed by atoms with E-state index in [9.17, 15) is 0 Å². The summed E-state index contributed by atoms with van der Waals surface area (Å²) < 4.78 is 0. The highest BCUT2D eigenvalue weighted by molar-refractivity contribution is 5.85. The first-order valence-corrected chi connectivity index (χ1v) is 6.67. The zero-order chi connectivity index (χ0) is 11.7. The summed E-state index contributed by atoms with van der Waals surface area (Å²) in [6.45, 7) is 0. The Morgan fingerprint density at radius 2 is 1.89 bits per heavy atom. The molecule has 1 aromatic heterocycles. The van der Waals surface area contributed by atoms with Crippen molar-refractivity contribution in [3.63, 3.8) is 0 Å². The molecule has 18 heavy (non-hydrogen) atoms. The molecule has 0 bridgehead atoms. The molecule has 3 heteroatoms. The molecule has 1 saturated carbocycles. The van der Waals surface area contributed by atoms with Gasteiger partial charge in [-0.25, -0.2) is 0 Å². The van der Waals surface area contributed by atoms with Crippen LogP contribution in [0.4, 0.5) is 0 Å². The number of aromatic amines is 1. The molecule has 98 valence electrons. The molecule has 1 atom stereocenters. The zero-order valence-electron chi connectivity index (χ0n) is 10.6. The average Bonchev–Trinajstić information content (AvgIpc) is 2.86. The van der Waals surface area contributed by atoms with Crippen LogP contribution in [0.3, 0.4) is 0 Å². The topological polar surface area (TPSA) is 41.8 Å². The number of nitrogens with one attached hydrogen (secondary N) is 1. The van der Waals surface area contributed by atoms with E-state index in [-0.39, 0.29) is 18.4 Å². The van der Waals surface area contributed by atoms with Crippen molar-refractivity contribution in [2.75, 3.05) is 0 Å². The number of halogens is 1. The fourth-order valence-electron chi connectivity index (χ4n) is 3.04. The van der Waals surface area contributed by atoms with E-state index < -0.39 is 0 Å². The SMILES string of the molecule is Cl.N[C@@H](c1ccc2cc[nH]c2c1)C1CCCCC1. The quantitative estimate of drug-likeness (QED) is 0.840. The van der Waals surface area contributed by atoms with Crippen LogP contribution >= 0.6 is 12.4 Å². The van der Waals surface area contributed by atoms with E-state index >= 15 is 0 Å². The third-order valence-corrected chi connectivity index (χ3v) is 4.12. The van der Waals surface area contributed by atoms with E-state index in [4.69, 9.17) is 5.73 Å². The first-order chi connectivity index (χ1) is 8.34. The lowest BCUT2D eigenvalue weighted by Crippen LogP contribution is -2.23. The fourth-order valence-corrected chi connectivity index (χ4v) is 3.04. The minimum absolute atomic E-state index is 0. The first-order valence-electron chi connectivity index (χ1n) is 6.67. The Kier molecular flexibility index (Phi) is 4.31. The maximum atomic E-state index is 6.42. The van der Waals surface area contributed by atoms with Crippen molar-refractivity contribution >= 4 is 23.3 Å². The van der Waals surface area contributed by atoms with Crippen LogP contribution in [0, 0.1) is 5.92 Å². The van der Waals surface area contributed by atoms with Gasteiger partial charge in [-0.15, -0.1) is 12.4 Å². The van der Waals surface area contributed by atoms with Gasteiger partial charge in [0.05, 0.1) is 0 Å². The van der Waals surface area contributed by atoms with Crippen LogP contribution in [0.2, 0.25) is 0 Å². The van der Waals surface area contributed by atoms with Crippen LogP contribution in [-0.2, 0) is 0 Å². The maximum absolute atomic E-state index is 6.42. The molecular weight excluding hydrogens is 244 g/mol. The van der Waals surface area contributed by atoms with Crippen LogP contribution in [0.25, 0.3) is 10.9 Å². The van der Waals surface area contributed by atoms with Crippen LogP contribution in [0.15, 0.2) is 30.5 Å². The number of aromatic nitrogens is 1. The molecule has 0 saturated heterocycles. The van der Waals surface area contributed by atoms with Crippen LogP contribution in [0.1, 0.15) is 43.7 Å². The molecule has 0 aliphatic heterocycles. The predicted molar refractivity (Wildman–Crippen MR) is 79.1 cm³/mol. The highest BCUT2D eigenvalue weighted by Crippen LogP contribution is 2.33. The van der Waals surface area contributed by atoms with Gasteiger partial charge in [-0.1, -0.05) is 31.4 Å². The number of H-pyrrole nitrogens is 1. The van der Waals surface area contributed by atoms with E-state index in [0.29, 0.717) is 5.92 Å². The lowest BCUT2D eigenvalue weighted by atomic mass is 9.81. The molecule has 1 aromatic carbocycles. The number of hydrogen-bond donors (Lipinski definition) is 2. The van der Waals surface area contributed by atoms with Gasteiger partial charge >= 0.3 is 0 Å². The Morgan fingerprint density at radius 3 is 2.67 bits per heavy atom. The Morgan fingerprint density at radius 1 is 1.11 bits per heavy atom. The molecule has 1 aliphatic rings. The van der Waals surface area contributed by atoms with Crippen molar-refractivity contribution in [1.82, 2.24) is 4.98 Å². The van der Waals surface area contributed by atoms with Gasteiger partial charge in [0.2, 0.25) is 0 Å². The summed E-state index contributed by atoms with van der Waals surface area (Å²) in [5, 5.41) is 1.27. The molecule has 3 N–H and O–H groups in total. The fraction of sp³-hybridized carbons (Fsp3) is 0.467. The Balaban J connectivity index is 0.00000120. The second-order valence-corrected chi connectivity index (χ2v) is 5.25. The van der Waals surface area contributed by atoms with Crippen LogP contribution in [0.5, 0.6) is 0 Å². The van der Waals surface area contributed by atoms with Gasteiger partial charge < -0.3 is 10.7 Å². The Labute approximate surface area is 114 Å². The van der Waals surface area contributed by atoms with Crippen LogP contribution < -0.4 is 5.73 Å². The van der Waals surface area contributed by atoms with Crippen LogP contribution in [-0.4, -0.2) is 4.98 Å². The summed E-state index contributed by atoms with van der Waals surface area (Å²) in [5.41, 5.74) is 8.90. The molecule has 0 spiro atoms. The van der Waals surface area contributed by atoms with Gasteiger partial charge in [-0.2, -0.15) is 0 Å². The zero-order valence-corrected chi connectivity index (χ0v) is 11.4. The maximum Gasteiger partial charge on any atom is 0.0457 e. The Bertz CT molecular complexity index is 500. The summed E-state index contributed by atoms with van der Waals surface area (Å²) in [7, 11) is 0. The second-order valence-electron chi connectivity index (χ2n) is 5.25. The number of nitrogens with two attached hydrogens (primary N) is 1. The third kappa shape index (κ3) is 2.55. The number of fused-ring (bicyclic) bond motifs is 1. The minimum Gasteiger partial charge on any atom is -0.361 e. The molecule has 0 radical (unpaired) electrons. The van der Waals surface area contributed by atoms with E-state index in [1.54, 1.807) is 0 Å². The van der Waals surface area contributed by atoms with Crippen molar-refractivity contribution in [3.8, 4) is 0 Å². The van der Waals surface area contributed by atoms with Crippen molar-refractivity contribution < 1.29 is 0 Å². The number of rotatable bonds is 2. The van der Waals surface area contributed by atoms with Gasteiger partial charge in [-0.3, -0.25) is 0 Å². The van der Waals surface area contributed by atoms with Crippen molar-refractivity contribution in [3.05, 3.63) is 36.0 Å². The average molecular weight is 265 g/mol. The normalized spacial score (nSPS) is 18.5. The smallest absolute Gasteiger partial charge is 0.0457 e. The first kappa shape index (κ1) is 13.4. The molecule has 0 amide bonds. The summed E-state index contributed by atoms with van der Waals surface area (Å²) in [4.78, 5) is 3.26. The van der Waals surface area contributed by atoms with E-state index in [0.717, 1.165) is 0 Å². The molecule has 0 unspecified atom stereocenters. The van der Waals surface area contributed by atoms with Gasteiger partial charge in [0.25, 0.3) is 0 Å². The molecule has 3 rings (SSSR count). The van der Waals surface area contributed by atoms with E-state index in [2.05, 4.69) is 29.2 Å². The molecule has 1 fully saturated rings.